The second-order valence-electron chi connectivity index (χ2n) is 7.99. The van der Waals surface area contributed by atoms with Gasteiger partial charge in [0.25, 0.3) is 5.91 Å². The first-order chi connectivity index (χ1) is 17.1. The Balaban J connectivity index is 1.67. The van der Waals surface area contributed by atoms with E-state index in [1.54, 1.807) is 29.7 Å². The normalized spacial score (nSPS) is 12.4. The van der Waals surface area contributed by atoms with Gasteiger partial charge in [0.05, 0.1) is 12.6 Å². The minimum Gasteiger partial charge on any atom is -0.457 e. The minimum absolute atomic E-state index is 0.0490. The molecule has 2 amide bonds. The number of amides is 2. The van der Waals surface area contributed by atoms with Crippen molar-refractivity contribution < 1.29 is 29.0 Å². The summed E-state index contributed by atoms with van der Waals surface area (Å²) in [4.78, 5) is 25.3. The molecule has 0 saturated carbocycles. The molecule has 0 aliphatic rings. The molecule has 8 heteroatoms. The molecule has 35 heavy (non-hydrogen) atoms. The van der Waals surface area contributed by atoms with Gasteiger partial charge in [-0.1, -0.05) is 48.5 Å². The van der Waals surface area contributed by atoms with Gasteiger partial charge in [0.1, 0.15) is 18.3 Å². The number of hydrogen-bond acceptors (Lipinski definition) is 6. The van der Waals surface area contributed by atoms with E-state index in [4.69, 9.17) is 14.2 Å². The third-order valence-electron chi connectivity index (χ3n) is 5.33. The average Bonchev–Trinajstić information content (AvgIpc) is 2.89. The number of hydrogen-bond donors (Lipinski definition) is 3. The molecule has 0 aliphatic heterocycles. The summed E-state index contributed by atoms with van der Waals surface area (Å²) in [5.41, 5.74) is 3.12. The molecule has 2 atom stereocenters. The van der Waals surface area contributed by atoms with Crippen LogP contribution in [0.15, 0.2) is 84.9 Å². The van der Waals surface area contributed by atoms with Crippen LogP contribution in [0.25, 0.3) is 0 Å². The Morgan fingerprint density at radius 2 is 1.51 bits per heavy atom. The van der Waals surface area contributed by atoms with Gasteiger partial charge in [0, 0.05) is 18.6 Å². The topological polar surface area (TPSA) is 106 Å². The standard InChI is InChI=1S/C27H30N2O6/c1-33-19-34-18-23(17-22(27(31)29-32)16-20-8-4-2-5-9-20)28-26(30)21-12-14-25(15-13-21)35-24-10-6-3-7-11-24/h2-15,22-23,32H,16-19H2,1H3,(H,28,30)(H,29,31). The molecular formula is C27H30N2O6. The van der Waals surface area contributed by atoms with Gasteiger partial charge in [0.2, 0.25) is 5.91 Å². The summed E-state index contributed by atoms with van der Waals surface area (Å²) in [6, 6.07) is 25.1. The lowest BCUT2D eigenvalue weighted by Crippen LogP contribution is -2.42. The number of methoxy groups -OCH3 is 1. The number of carbonyl (C=O) groups is 2. The molecule has 0 fully saturated rings. The third kappa shape index (κ3) is 8.53. The number of ether oxygens (including phenoxy) is 3. The van der Waals surface area contributed by atoms with Gasteiger partial charge in [-0.25, -0.2) is 5.48 Å². The maximum atomic E-state index is 12.9. The van der Waals surface area contributed by atoms with Crippen LogP contribution in [0.5, 0.6) is 11.5 Å². The molecule has 3 N–H and O–H groups in total. The lowest BCUT2D eigenvalue weighted by Gasteiger charge is -2.23. The molecular weight excluding hydrogens is 448 g/mol. The van der Waals surface area contributed by atoms with E-state index in [2.05, 4.69) is 5.32 Å². The van der Waals surface area contributed by atoms with E-state index in [9.17, 15) is 14.8 Å². The van der Waals surface area contributed by atoms with Crippen molar-refractivity contribution in [2.24, 2.45) is 5.92 Å². The molecule has 184 valence electrons. The number of benzene rings is 3. The van der Waals surface area contributed by atoms with Gasteiger partial charge in [-0.15, -0.1) is 0 Å². The molecule has 8 nitrogen and oxygen atoms in total. The van der Waals surface area contributed by atoms with Gasteiger partial charge in [-0.05, 0) is 54.8 Å². The van der Waals surface area contributed by atoms with Crippen molar-refractivity contribution >= 4 is 11.8 Å². The van der Waals surface area contributed by atoms with E-state index in [0.29, 0.717) is 23.5 Å². The summed E-state index contributed by atoms with van der Waals surface area (Å²) in [6.07, 6.45) is 0.654. The van der Waals surface area contributed by atoms with Crippen LogP contribution >= 0.6 is 0 Å². The molecule has 2 unspecified atom stereocenters. The number of carbonyl (C=O) groups excluding carboxylic acids is 2. The van der Waals surface area contributed by atoms with E-state index < -0.39 is 17.9 Å². The average molecular weight is 479 g/mol. The van der Waals surface area contributed by atoms with Crippen molar-refractivity contribution in [1.82, 2.24) is 10.8 Å². The molecule has 0 bridgehead atoms. The number of hydroxylamine groups is 1. The largest absolute Gasteiger partial charge is 0.457 e. The van der Waals surface area contributed by atoms with Crippen LogP contribution in [0.3, 0.4) is 0 Å². The summed E-state index contributed by atoms with van der Waals surface area (Å²) < 4.78 is 16.2. The maximum Gasteiger partial charge on any atom is 0.251 e. The number of para-hydroxylation sites is 1. The van der Waals surface area contributed by atoms with Crippen LogP contribution in [-0.4, -0.2) is 43.6 Å². The van der Waals surface area contributed by atoms with Gasteiger partial charge in [-0.2, -0.15) is 0 Å². The summed E-state index contributed by atoms with van der Waals surface area (Å²) in [6.45, 7) is 0.187. The van der Waals surface area contributed by atoms with Crippen molar-refractivity contribution in [3.05, 3.63) is 96.1 Å². The lowest BCUT2D eigenvalue weighted by atomic mass is 9.92. The maximum absolute atomic E-state index is 12.9. The Morgan fingerprint density at radius 3 is 2.14 bits per heavy atom. The predicted molar refractivity (Wildman–Crippen MR) is 130 cm³/mol. The SMILES string of the molecule is COCOCC(CC(Cc1ccccc1)C(=O)NO)NC(=O)c1ccc(Oc2ccccc2)cc1. The smallest absolute Gasteiger partial charge is 0.251 e. The van der Waals surface area contributed by atoms with E-state index in [1.165, 1.54) is 7.11 Å². The fourth-order valence-electron chi connectivity index (χ4n) is 3.63. The highest BCUT2D eigenvalue weighted by Gasteiger charge is 2.25. The fraction of sp³-hybridized carbons (Fsp3) is 0.259. The molecule has 0 heterocycles. The number of nitrogens with one attached hydrogen (secondary N) is 2. The zero-order chi connectivity index (χ0) is 24.9. The Labute approximate surface area is 204 Å². The second kappa shape index (κ2) is 13.9. The Morgan fingerprint density at radius 1 is 0.886 bits per heavy atom. The number of rotatable bonds is 13. The predicted octanol–water partition coefficient (Wildman–Crippen LogP) is 3.95. The van der Waals surface area contributed by atoms with Crippen molar-refractivity contribution in [2.75, 3.05) is 20.5 Å². The summed E-state index contributed by atoms with van der Waals surface area (Å²) >= 11 is 0. The first kappa shape index (κ1) is 25.9. The minimum atomic E-state index is -0.583. The monoisotopic (exact) mass is 478 g/mol. The van der Waals surface area contributed by atoms with Crippen LogP contribution < -0.4 is 15.5 Å². The van der Waals surface area contributed by atoms with E-state index in [0.717, 1.165) is 5.56 Å². The Hall–Kier alpha value is -3.72. The Bertz CT molecular complexity index is 1040. The summed E-state index contributed by atoms with van der Waals surface area (Å²) in [7, 11) is 1.50. The Kier molecular flexibility index (Phi) is 10.3. The van der Waals surface area contributed by atoms with Crippen LogP contribution in [0.4, 0.5) is 0 Å². The first-order valence-electron chi connectivity index (χ1n) is 11.3. The van der Waals surface area contributed by atoms with Gasteiger partial charge in [0.15, 0.2) is 0 Å². The highest BCUT2D eigenvalue weighted by molar-refractivity contribution is 5.94. The highest BCUT2D eigenvalue weighted by Crippen LogP contribution is 2.21. The van der Waals surface area contributed by atoms with Crippen LogP contribution in [0, 0.1) is 5.92 Å². The van der Waals surface area contributed by atoms with Crippen molar-refractivity contribution in [1.29, 1.82) is 0 Å². The van der Waals surface area contributed by atoms with E-state index in [1.807, 2.05) is 60.7 Å². The first-order valence-corrected chi connectivity index (χ1v) is 11.3. The highest BCUT2D eigenvalue weighted by atomic mass is 16.7. The van der Waals surface area contributed by atoms with Crippen LogP contribution in [0.1, 0.15) is 22.3 Å². The molecule has 0 aromatic heterocycles. The van der Waals surface area contributed by atoms with Crippen LogP contribution in [-0.2, 0) is 20.7 Å². The lowest BCUT2D eigenvalue weighted by molar-refractivity contribution is -0.134. The zero-order valence-electron chi connectivity index (χ0n) is 19.6. The van der Waals surface area contributed by atoms with Gasteiger partial charge in [-0.3, -0.25) is 14.8 Å². The van der Waals surface area contributed by atoms with Crippen LogP contribution in [0.2, 0.25) is 0 Å². The molecule has 3 rings (SSSR count). The molecule has 0 spiro atoms. The second-order valence-corrected chi connectivity index (χ2v) is 7.99. The van der Waals surface area contributed by atoms with Gasteiger partial charge < -0.3 is 19.5 Å². The molecule has 3 aromatic rings. The zero-order valence-corrected chi connectivity index (χ0v) is 19.6. The van der Waals surface area contributed by atoms with Gasteiger partial charge >= 0.3 is 0 Å². The third-order valence-corrected chi connectivity index (χ3v) is 5.33. The van der Waals surface area contributed by atoms with Crippen molar-refractivity contribution in [3.8, 4) is 11.5 Å². The fourth-order valence-corrected chi connectivity index (χ4v) is 3.63. The van der Waals surface area contributed by atoms with E-state index in [-0.39, 0.29) is 25.7 Å². The quantitative estimate of drug-likeness (QED) is 0.149. The molecule has 3 aromatic carbocycles. The van der Waals surface area contributed by atoms with Crippen molar-refractivity contribution in [3.63, 3.8) is 0 Å². The molecule has 0 aliphatic carbocycles. The summed E-state index contributed by atoms with van der Waals surface area (Å²) in [5.74, 6) is -0.116. The molecule has 0 saturated heterocycles. The van der Waals surface area contributed by atoms with Crippen molar-refractivity contribution in [2.45, 2.75) is 18.9 Å². The molecule has 0 radical (unpaired) electrons. The van der Waals surface area contributed by atoms with E-state index >= 15 is 0 Å². The summed E-state index contributed by atoms with van der Waals surface area (Å²) in [5, 5.41) is 12.2.